The van der Waals surface area contributed by atoms with E-state index in [0.717, 1.165) is 32.1 Å². The number of alkyl halides is 1. The number of likely N-dealkylation sites (tertiary alicyclic amines) is 1. The Balaban J connectivity index is 1.66. The van der Waals surface area contributed by atoms with Gasteiger partial charge < -0.3 is 29.7 Å². The van der Waals surface area contributed by atoms with Crippen LogP contribution >= 0.6 is 15.9 Å². The van der Waals surface area contributed by atoms with Crippen LogP contribution in [0.1, 0.15) is 78.6 Å². The fourth-order valence-electron chi connectivity index (χ4n) is 7.84. The van der Waals surface area contributed by atoms with Crippen LogP contribution in [0.2, 0.25) is 0 Å². The van der Waals surface area contributed by atoms with E-state index < -0.39 is 47.7 Å². The lowest BCUT2D eigenvalue weighted by atomic mass is 9.70. The number of halogens is 1. The van der Waals surface area contributed by atoms with Gasteiger partial charge in [0.15, 0.2) is 0 Å². The summed E-state index contributed by atoms with van der Waals surface area (Å²) in [6.45, 7) is 13.4. The van der Waals surface area contributed by atoms with Crippen LogP contribution in [0.4, 0.5) is 0 Å². The average Bonchev–Trinajstić information content (AvgIpc) is 3.59. The molecule has 1 saturated carbocycles. The molecule has 44 heavy (non-hydrogen) atoms. The molecule has 0 aromatic rings. The van der Waals surface area contributed by atoms with Crippen molar-refractivity contribution in [2.45, 2.75) is 119 Å². The van der Waals surface area contributed by atoms with E-state index in [4.69, 9.17) is 9.47 Å². The maximum atomic E-state index is 14.8. The molecule has 4 aliphatic rings. The number of ether oxygens (including phenoxy) is 2. The first-order valence-electron chi connectivity index (χ1n) is 16.2. The van der Waals surface area contributed by atoms with Crippen LogP contribution in [0.5, 0.6) is 0 Å². The molecule has 3 heterocycles. The van der Waals surface area contributed by atoms with Gasteiger partial charge in [0, 0.05) is 23.8 Å². The highest BCUT2D eigenvalue weighted by molar-refractivity contribution is 9.09. The van der Waals surface area contributed by atoms with Crippen LogP contribution in [0.25, 0.3) is 0 Å². The van der Waals surface area contributed by atoms with E-state index in [9.17, 15) is 24.3 Å². The quantitative estimate of drug-likeness (QED) is 0.154. The maximum absolute atomic E-state index is 14.8. The first-order chi connectivity index (χ1) is 21.0. The first-order valence-corrected chi connectivity index (χ1v) is 17.2. The summed E-state index contributed by atoms with van der Waals surface area (Å²) < 4.78 is 12.5. The highest BCUT2D eigenvalue weighted by atomic mass is 79.9. The number of aliphatic hydroxyl groups excluding tert-OH is 1. The van der Waals surface area contributed by atoms with Crippen molar-refractivity contribution in [3.8, 4) is 0 Å². The average molecular weight is 681 g/mol. The summed E-state index contributed by atoms with van der Waals surface area (Å²) in [4.78, 5) is 58.3. The van der Waals surface area contributed by atoms with Gasteiger partial charge in [0.25, 0.3) is 0 Å². The number of hydrogen-bond donors (Lipinski definition) is 2. The smallest absolute Gasteiger partial charge is 0.312 e. The summed E-state index contributed by atoms with van der Waals surface area (Å²) in [6.07, 6.45) is 8.78. The molecule has 3 saturated heterocycles. The number of aliphatic hydroxyl groups is 1. The topological polar surface area (TPSA) is 125 Å². The van der Waals surface area contributed by atoms with E-state index in [1.54, 1.807) is 24.0 Å². The summed E-state index contributed by atoms with van der Waals surface area (Å²) in [5.74, 6) is -3.00. The second-order valence-corrected chi connectivity index (χ2v) is 14.5. The molecule has 11 heteroatoms. The number of esters is 1. The molecule has 3 amide bonds. The zero-order chi connectivity index (χ0) is 32.2. The summed E-state index contributed by atoms with van der Waals surface area (Å²) in [6, 6.07) is -1.56. The molecule has 2 N–H and O–H groups in total. The predicted octanol–water partition coefficient (Wildman–Crippen LogP) is 3.50. The Labute approximate surface area is 270 Å². The van der Waals surface area contributed by atoms with Crippen LogP contribution in [0.3, 0.4) is 0 Å². The lowest BCUT2D eigenvalue weighted by molar-refractivity contribution is -0.160. The van der Waals surface area contributed by atoms with Crippen molar-refractivity contribution in [2.75, 3.05) is 19.7 Å². The van der Waals surface area contributed by atoms with Gasteiger partial charge in [-0.05, 0) is 44.9 Å². The van der Waals surface area contributed by atoms with E-state index in [-0.39, 0.29) is 47.7 Å². The molecule has 0 aromatic carbocycles. The van der Waals surface area contributed by atoms with Crippen molar-refractivity contribution in [1.82, 2.24) is 15.1 Å². The zero-order valence-electron chi connectivity index (χ0n) is 26.4. The molecule has 0 radical (unpaired) electrons. The molecule has 246 valence electrons. The lowest BCUT2D eigenvalue weighted by Crippen LogP contribution is -2.60. The highest BCUT2D eigenvalue weighted by Gasteiger charge is 2.77. The number of carbonyl (C=O) groups excluding carboxylic acids is 4. The minimum absolute atomic E-state index is 0.0287. The standard InChI is InChI=1S/C33H50BrN3O7/c1-6-8-14-25(39)35-18-21(5)43-32(42)26-27-30(40)37(23(19-38)16-20(3)4)29(33(27)17-24(34)28(26)44-33)31(41)36(15-7-2)22-12-10-9-11-13-22/h6-7,20-24,26-29,38H,1-2,8-19H2,3-5H3,(H,35,39)/t21-,23+,24?,26+,27-,28+,29+,33-/m0/s1. The third-order valence-corrected chi connectivity index (χ3v) is 10.5. The Bertz CT molecular complexity index is 1100. The van der Waals surface area contributed by atoms with Crippen LogP contribution in [-0.2, 0) is 28.7 Å². The van der Waals surface area contributed by atoms with E-state index in [1.807, 2.05) is 18.7 Å². The number of rotatable bonds is 15. The molecule has 10 nitrogen and oxygen atoms in total. The van der Waals surface area contributed by atoms with Crippen molar-refractivity contribution in [3.63, 3.8) is 0 Å². The number of hydrogen-bond acceptors (Lipinski definition) is 7. The van der Waals surface area contributed by atoms with Gasteiger partial charge in [0.1, 0.15) is 17.7 Å². The van der Waals surface area contributed by atoms with Gasteiger partial charge >= 0.3 is 5.97 Å². The minimum Gasteiger partial charge on any atom is -0.460 e. The second-order valence-electron chi connectivity index (χ2n) is 13.3. The number of nitrogens with zero attached hydrogens (tertiary/aromatic N) is 2. The number of fused-ring (bicyclic) bond motifs is 1. The molecule has 1 aliphatic carbocycles. The molecular weight excluding hydrogens is 630 g/mol. The number of allylic oxidation sites excluding steroid dienone is 1. The Morgan fingerprint density at radius 1 is 1.20 bits per heavy atom. The van der Waals surface area contributed by atoms with Crippen LogP contribution in [-0.4, -0.2) is 99.1 Å². The number of nitrogens with one attached hydrogen (secondary N) is 1. The Hall–Kier alpha value is -2.24. The number of amides is 3. The zero-order valence-corrected chi connectivity index (χ0v) is 28.0. The summed E-state index contributed by atoms with van der Waals surface area (Å²) >= 11 is 3.71. The normalized spacial score (nSPS) is 31.0. The van der Waals surface area contributed by atoms with Gasteiger partial charge in [-0.25, -0.2) is 0 Å². The van der Waals surface area contributed by atoms with Gasteiger partial charge in [0.05, 0.1) is 37.1 Å². The Morgan fingerprint density at radius 3 is 2.52 bits per heavy atom. The Morgan fingerprint density at radius 2 is 1.91 bits per heavy atom. The SMILES string of the molecule is C=CCCC(=O)NC[C@H](C)OC(=O)[C@H]1[C@@H]2O[C@@]3(CC2Br)[C@@H]1C(=O)N([C@@H](CO)CC(C)C)[C@@H]3C(=O)N(CC=C)C1CCCCC1. The fourth-order valence-corrected chi connectivity index (χ4v) is 8.78. The van der Waals surface area contributed by atoms with Gasteiger partial charge in [0.2, 0.25) is 17.7 Å². The van der Waals surface area contributed by atoms with E-state index >= 15 is 0 Å². The fraction of sp³-hybridized carbons (Fsp3) is 0.758. The van der Waals surface area contributed by atoms with E-state index in [2.05, 4.69) is 34.4 Å². The molecule has 8 atom stereocenters. The monoisotopic (exact) mass is 679 g/mol. The molecule has 3 aliphatic heterocycles. The van der Waals surface area contributed by atoms with Gasteiger partial charge in [-0.1, -0.05) is 61.2 Å². The maximum Gasteiger partial charge on any atom is 0.312 e. The predicted molar refractivity (Wildman–Crippen MR) is 170 cm³/mol. The minimum atomic E-state index is -1.24. The molecule has 1 spiro atoms. The third-order valence-electron chi connectivity index (χ3n) is 9.68. The third kappa shape index (κ3) is 6.79. The van der Waals surface area contributed by atoms with Crippen molar-refractivity contribution in [1.29, 1.82) is 0 Å². The highest BCUT2D eigenvalue weighted by Crippen LogP contribution is 2.61. The Kier molecular flexibility index (Phi) is 11.7. The molecule has 1 unspecified atom stereocenters. The van der Waals surface area contributed by atoms with Crippen LogP contribution < -0.4 is 5.32 Å². The van der Waals surface area contributed by atoms with Crippen molar-refractivity contribution >= 4 is 39.6 Å². The van der Waals surface area contributed by atoms with Crippen molar-refractivity contribution in [2.24, 2.45) is 17.8 Å². The van der Waals surface area contributed by atoms with Crippen molar-refractivity contribution in [3.05, 3.63) is 25.3 Å². The number of carbonyl (C=O) groups is 4. The first kappa shape index (κ1) is 34.6. The van der Waals surface area contributed by atoms with Crippen LogP contribution in [0, 0.1) is 17.8 Å². The van der Waals surface area contributed by atoms with Gasteiger partial charge in [-0.2, -0.15) is 0 Å². The van der Waals surface area contributed by atoms with E-state index in [1.165, 1.54) is 0 Å². The van der Waals surface area contributed by atoms with Crippen molar-refractivity contribution < 1.29 is 33.8 Å². The van der Waals surface area contributed by atoms with Gasteiger partial charge in [-0.3, -0.25) is 19.2 Å². The summed E-state index contributed by atoms with van der Waals surface area (Å²) in [5.41, 5.74) is -1.24. The van der Waals surface area contributed by atoms with Crippen LogP contribution in [0.15, 0.2) is 25.3 Å². The molecular formula is C33H50BrN3O7. The molecule has 4 rings (SSSR count). The molecule has 0 aromatic heterocycles. The largest absolute Gasteiger partial charge is 0.460 e. The lowest BCUT2D eigenvalue weighted by Gasteiger charge is -2.42. The summed E-state index contributed by atoms with van der Waals surface area (Å²) in [7, 11) is 0. The molecule has 4 fully saturated rings. The summed E-state index contributed by atoms with van der Waals surface area (Å²) in [5, 5.41) is 13.3. The van der Waals surface area contributed by atoms with Gasteiger partial charge in [-0.15, -0.1) is 13.2 Å². The second kappa shape index (κ2) is 14.9. The van der Waals surface area contributed by atoms with E-state index in [0.29, 0.717) is 32.2 Å². The molecule has 2 bridgehead atoms.